The second-order valence-electron chi connectivity index (χ2n) is 2.15. The Hall–Kier alpha value is -0.760. The van der Waals surface area contributed by atoms with Crippen molar-refractivity contribution in [1.29, 1.82) is 0 Å². The lowest BCUT2D eigenvalue weighted by molar-refractivity contribution is 0.415. The molecule has 5 heteroatoms. The van der Waals surface area contributed by atoms with Gasteiger partial charge in [0, 0.05) is 18.7 Å². The largest absolute Gasteiger partial charge is 0.602 e. The first-order valence-corrected chi connectivity index (χ1v) is 4.63. The van der Waals surface area contributed by atoms with E-state index < -0.39 is 13.5 Å². The van der Waals surface area contributed by atoms with Gasteiger partial charge in [0.1, 0.15) is 5.75 Å². The van der Waals surface area contributed by atoms with E-state index in [4.69, 9.17) is 0 Å². The van der Waals surface area contributed by atoms with Crippen molar-refractivity contribution in [1.82, 2.24) is 0 Å². The van der Waals surface area contributed by atoms with Crippen molar-refractivity contribution in [2.75, 3.05) is 7.11 Å². The normalized spacial score (nSPS) is 11.3. The van der Waals surface area contributed by atoms with E-state index in [1.165, 1.54) is 19.2 Å². The van der Waals surface area contributed by atoms with Crippen LogP contribution < -0.4 is 10.0 Å². The van der Waals surface area contributed by atoms with E-state index in [1.807, 2.05) is 0 Å². The molecule has 0 saturated carbocycles. The van der Waals surface area contributed by atoms with Crippen molar-refractivity contribution in [3.63, 3.8) is 0 Å². The van der Waals surface area contributed by atoms with Gasteiger partial charge in [0.25, 0.3) is 0 Å². The second kappa shape index (κ2) is 3.31. The monoisotopic (exact) mass is 195 g/mol. The topological polar surface area (TPSA) is 9.23 Å². The second-order valence-corrected chi connectivity index (χ2v) is 3.55. The lowest BCUT2D eigenvalue weighted by Crippen LogP contribution is -2.00. The fraction of sp³-hybridized carbons (Fsp3) is 0.143. The van der Waals surface area contributed by atoms with Gasteiger partial charge in [-0.05, 0) is 12.1 Å². The van der Waals surface area contributed by atoms with E-state index in [2.05, 4.69) is 4.74 Å². The van der Waals surface area contributed by atoms with E-state index in [-0.39, 0.29) is 5.75 Å². The molecule has 0 bridgehead atoms. The van der Waals surface area contributed by atoms with Crippen molar-refractivity contribution < 1.29 is 17.3 Å². The molecule has 0 aliphatic carbocycles. The van der Waals surface area contributed by atoms with E-state index >= 15 is 0 Å². The van der Waals surface area contributed by atoms with Gasteiger partial charge in [0.05, 0.1) is 7.11 Å². The summed E-state index contributed by atoms with van der Waals surface area (Å²) in [4.78, 5) is 0. The highest BCUT2D eigenvalue weighted by Crippen LogP contribution is 2.63. The molecule has 0 aliphatic rings. The number of benzene rings is 1. The summed E-state index contributed by atoms with van der Waals surface area (Å²) >= 11 is 0. The van der Waals surface area contributed by atoms with Gasteiger partial charge in [0.15, 0.2) is 0 Å². The van der Waals surface area contributed by atoms with E-state index in [0.717, 1.165) is 12.1 Å². The van der Waals surface area contributed by atoms with Crippen molar-refractivity contribution >= 4 is 13.5 Å². The highest BCUT2D eigenvalue weighted by Gasteiger charge is 2.46. The van der Waals surface area contributed by atoms with Crippen molar-refractivity contribution in [3.05, 3.63) is 24.3 Å². The molecule has 66 valence electrons. The molecular formula is C7H7F3OP+. The first kappa shape index (κ1) is 9.33. The predicted octanol–water partition coefficient (Wildman–Crippen LogP) is 2.99. The number of hydrogen-bond acceptors (Lipinski definition) is 1. The van der Waals surface area contributed by atoms with Crippen LogP contribution in [0.4, 0.5) is 12.6 Å². The molecule has 1 aromatic carbocycles. The van der Waals surface area contributed by atoms with Crippen LogP contribution in [-0.2, 0) is 0 Å². The van der Waals surface area contributed by atoms with Gasteiger partial charge in [-0.3, -0.25) is 0 Å². The third kappa shape index (κ3) is 2.11. The maximum atomic E-state index is 12.2. The summed E-state index contributed by atoms with van der Waals surface area (Å²) in [6.07, 6.45) is 0. The van der Waals surface area contributed by atoms with Gasteiger partial charge in [-0.15, -0.1) is 0 Å². The molecule has 0 heterocycles. The van der Waals surface area contributed by atoms with Crippen molar-refractivity contribution in [3.8, 4) is 5.75 Å². The molecule has 1 nitrogen and oxygen atoms in total. The van der Waals surface area contributed by atoms with Crippen LogP contribution in [0.3, 0.4) is 0 Å². The van der Waals surface area contributed by atoms with E-state index in [9.17, 15) is 12.6 Å². The quantitative estimate of drug-likeness (QED) is 0.659. The number of ether oxygens (including phenoxy) is 1. The molecule has 0 atom stereocenters. The molecule has 1 aromatic rings. The van der Waals surface area contributed by atoms with Crippen LogP contribution in [0.1, 0.15) is 0 Å². The molecular weight excluding hydrogens is 188 g/mol. The zero-order valence-electron chi connectivity index (χ0n) is 6.30. The van der Waals surface area contributed by atoms with Gasteiger partial charge < -0.3 is 4.74 Å². The van der Waals surface area contributed by atoms with Crippen LogP contribution in [0.5, 0.6) is 5.75 Å². The minimum atomic E-state index is -5.39. The Balaban J connectivity index is 3.02. The van der Waals surface area contributed by atoms with Crippen LogP contribution >= 0.6 is 8.19 Å². The third-order valence-electron chi connectivity index (χ3n) is 1.35. The summed E-state index contributed by atoms with van der Waals surface area (Å²) in [7, 11) is -4.05. The molecule has 0 aliphatic heterocycles. The number of methoxy groups -OCH3 is 1. The van der Waals surface area contributed by atoms with Crippen LogP contribution in [0.15, 0.2) is 24.3 Å². The SMILES string of the molecule is COc1cccc([P+](F)(F)F)c1. The van der Waals surface area contributed by atoms with Gasteiger partial charge >= 0.3 is 8.19 Å². The molecule has 0 N–H and O–H groups in total. The van der Waals surface area contributed by atoms with E-state index in [0.29, 0.717) is 0 Å². The van der Waals surface area contributed by atoms with Gasteiger partial charge in [0.2, 0.25) is 5.30 Å². The lowest BCUT2D eigenvalue weighted by Gasteiger charge is -1.98. The average molecular weight is 195 g/mol. The summed E-state index contributed by atoms with van der Waals surface area (Å²) < 4.78 is 41.1. The summed E-state index contributed by atoms with van der Waals surface area (Å²) in [6.45, 7) is 0. The average Bonchev–Trinajstić information content (AvgIpc) is 2.03. The Kier molecular flexibility index (Phi) is 2.58. The standard InChI is InChI=1S/C7H7F3OP/c1-11-6-3-2-4-7(5-6)12(8,9)10/h2-5H,1H3/q+1. The lowest BCUT2D eigenvalue weighted by atomic mass is 10.3. The first-order chi connectivity index (χ1) is 5.54. The molecule has 12 heavy (non-hydrogen) atoms. The Labute approximate surface area is 68.9 Å². The van der Waals surface area contributed by atoms with Crippen LogP contribution in [0.25, 0.3) is 0 Å². The molecule has 0 radical (unpaired) electrons. The van der Waals surface area contributed by atoms with Gasteiger partial charge in [-0.25, -0.2) is 0 Å². The fourth-order valence-corrected chi connectivity index (χ4v) is 1.30. The maximum absolute atomic E-state index is 12.2. The predicted molar refractivity (Wildman–Crippen MR) is 42.9 cm³/mol. The highest BCUT2D eigenvalue weighted by atomic mass is 31.3. The minimum absolute atomic E-state index is 0.241. The maximum Gasteiger partial charge on any atom is 0.602 e. The Morgan fingerprint density at radius 1 is 1.25 bits per heavy atom. The zero-order valence-corrected chi connectivity index (χ0v) is 7.19. The molecule has 0 amide bonds. The number of hydrogen-bond donors (Lipinski definition) is 0. The highest BCUT2D eigenvalue weighted by molar-refractivity contribution is 7.68. The molecule has 0 saturated heterocycles. The van der Waals surface area contributed by atoms with Gasteiger partial charge in [-0.1, -0.05) is 6.07 Å². The molecule has 0 unspecified atom stereocenters. The van der Waals surface area contributed by atoms with Crippen LogP contribution in [0.2, 0.25) is 0 Å². The summed E-state index contributed by atoms with van der Waals surface area (Å²) in [6, 6.07) is 4.88. The van der Waals surface area contributed by atoms with Crippen molar-refractivity contribution in [2.24, 2.45) is 0 Å². The third-order valence-corrected chi connectivity index (χ3v) is 2.21. The molecule has 0 aromatic heterocycles. The van der Waals surface area contributed by atoms with Crippen LogP contribution in [0, 0.1) is 0 Å². The summed E-state index contributed by atoms with van der Waals surface area (Å²) in [5.74, 6) is 0.241. The Bertz CT molecular complexity index is 272. The molecule has 1 rings (SSSR count). The minimum Gasteiger partial charge on any atom is -0.497 e. The summed E-state index contributed by atoms with van der Waals surface area (Å²) in [5.41, 5.74) is 0. The van der Waals surface area contributed by atoms with Crippen molar-refractivity contribution in [2.45, 2.75) is 0 Å². The van der Waals surface area contributed by atoms with E-state index in [1.54, 1.807) is 0 Å². The van der Waals surface area contributed by atoms with Gasteiger partial charge in [-0.2, -0.15) is 0 Å². The molecule has 0 spiro atoms. The molecule has 0 fully saturated rings. The number of halogens is 3. The zero-order chi connectivity index (χ0) is 9.19. The first-order valence-electron chi connectivity index (χ1n) is 3.16. The van der Waals surface area contributed by atoms with Crippen LogP contribution in [-0.4, -0.2) is 7.11 Å². The fourth-order valence-electron chi connectivity index (χ4n) is 0.768. The summed E-state index contributed by atoms with van der Waals surface area (Å²) in [5, 5.41) is -0.582. The number of rotatable bonds is 2. The Morgan fingerprint density at radius 3 is 2.42 bits per heavy atom. The smallest absolute Gasteiger partial charge is 0.497 e. The Morgan fingerprint density at radius 2 is 1.92 bits per heavy atom.